The largest absolute Gasteiger partial charge is 0.497 e. The first-order chi connectivity index (χ1) is 7.05. The number of hydrogen-bond acceptors (Lipinski definition) is 3. The standard InChI is InChI=1S/C12H16O3/c1-12(2,15-4)11-7-10(14-3)6-5-9(11)8-13/h5-8H,1-4H3. The van der Waals surface area contributed by atoms with Gasteiger partial charge >= 0.3 is 0 Å². The van der Waals surface area contributed by atoms with E-state index in [-0.39, 0.29) is 0 Å². The van der Waals surface area contributed by atoms with Crippen molar-refractivity contribution in [2.45, 2.75) is 19.4 Å². The summed E-state index contributed by atoms with van der Waals surface area (Å²) >= 11 is 0. The predicted octanol–water partition coefficient (Wildman–Crippen LogP) is 2.39. The van der Waals surface area contributed by atoms with Gasteiger partial charge in [-0.25, -0.2) is 0 Å². The molecule has 0 atom stereocenters. The molecule has 3 nitrogen and oxygen atoms in total. The van der Waals surface area contributed by atoms with Crippen molar-refractivity contribution >= 4 is 6.29 Å². The molecule has 82 valence electrons. The van der Waals surface area contributed by atoms with Crippen molar-refractivity contribution in [3.05, 3.63) is 29.3 Å². The molecule has 0 aliphatic heterocycles. The third kappa shape index (κ3) is 2.36. The van der Waals surface area contributed by atoms with Crippen LogP contribution >= 0.6 is 0 Å². The molecule has 0 aromatic heterocycles. The fourth-order valence-corrected chi connectivity index (χ4v) is 1.40. The maximum absolute atomic E-state index is 10.9. The average Bonchev–Trinajstić information content (AvgIpc) is 2.28. The lowest BCUT2D eigenvalue weighted by molar-refractivity contribution is 0.0185. The maximum atomic E-state index is 10.9. The molecule has 0 heterocycles. The van der Waals surface area contributed by atoms with Crippen LogP contribution in [-0.4, -0.2) is 20.5 Å². The van der Waals surface area contributed by atoms with E-state index < -0.39 is 5.60 Å². The Balaban J connectivity index is 3.29. The zero-order valence-electron chi connectivity index (χ0n) is 9.53. The van der Waals surface area contributed by atoms with Gasteiger partial charge in [-0.1, -0.05) is 0 Å². The topological polar surface area (TPSA) is 35.5 Å². The summed E-state index contributed by atoms with van der Waals surface area (Å²) in [7, 11) is 3.22. The molecular weight excluding hydrogens is 192 g/mol. The lowest BCUT2D eigenvalue weighted by Gasteiger charge is -2.25. The number of benzene rings is 1. The molecule has 0 bridgehead atoms. The summed E-state index contributed by atoms with van der Waals surface area (Å²) in [4.78, 5) is 10.9. The third-order valence-electron chi connectivity index (χ3n) is 2.55. The highest BCUT2D eigenvalue weighted by Crippen LogP contribution is 2.29. The van der Waals surface area contributed by atoms with Gasteiger partial charge in [0, 0.05) is 12.7 Å². The van der Waals surface area contributed by atoms with Crippen molar-refractivity contribution in [3.63, 3.8) is 0 Å². The van der Waals surface area contributed by atoms with Gasteiger partial charge in [0.25, 0.3) is 0 Å². The van der Waals surface area contributed by atoms with Gasteiger partial charge in [-0.05, 0) is 37.6 Å². The molecule has 0 radical (unpaired) electrons. The Morgan fingerprint density at radius 3 is 2.40 bits per heavy atom. The first-order valence-electron chi connectivity index (χ1n) is 4.74. The van der Waals surface area contributed by atoms with Crippen LogP contribution in [0.25, 0.3) is 0 Å². The number of hydrogen-bond donors (Lipinski definition) is 0. The van der Waals surface area contributed by atoms with E-state index in [1.165, 1.54) is 0 Å². The molecule has 15 heavy (non-hydrogen) atoms. The molecule has 1 aromatic carbocycles. The molecule has 0 aliphatic carbocycles. The van der Waals surface area contributed by atoms with Crippen molar-refractivity contribution in [1.82, 2.24) is 0 Å². The Bertz CT molecular complexity index is 356. The summed E-state index contributed by atoms with van der Waals surface area (Å²) in [5.41, 5.74) is 0.965. The quantitative estimate of drug-likeness (QED) is 0.713. The van der Waals surface area contributed by atoms with Gasteiger partial charge < -0.3 is 9.47 Å². The van der Waals surface area contributed by atoms with Gasteiger partial charge in [-0.2, -0.15) is 0 Å². The first-order valence-corrected chi connectivity index (χ1v) is 4.74. The Morgan fingerprint density at radius 1 is 1.27 bits per heavy atom. The Morgan fingerprint density at radius 2 is 1.93 bits per heavy atom. The summed E-state index contributed by atoms with van der Waals surface area (Å²) in [5, 5.41) is 0. The second-order valence-electron chi connectivity index (χ2n) is 3.79. The summed E-state index contributed by atoms with van der Waals surface area (Å²) < 4.78 is 10.5. The van der Waals surface area contributed by atoms with Crippen LogP contribution in [-0.2, 0) is 10.3 Å². The van der Waals surface area contributed by atoms with E-state index >= 15 is 0 Å². The third-order valence-corrected chi connectivity index (χ3v) is 2.55. The SMILES string of the molecule is COc1ccc(C=O)c(C(C)(C)OC)c1. The number of ether oxygens (including phenoxy) is 2. The zero-order valence-corrected chi connectivity index (χ0v) is 9.53. The van der Waals surface area contributed by atoms with Crippen molar-refractivity contribution in [2.24, 2.45) is 0 Å². The monoisotopic (exact) mass is 208 g/mol. The van der Waals surface area contributed by atoms with E-state index in [2.05, 4.69) is 0 Å². The average molecular weight is 208 g/mol. The molecule has 0 unspecified atom stereocenters. The van der Waals surface area contributed by atoms with Crippen LogP contribution in [0.4, 0.5) is 0 Å². The van der Waals surface area contributed by atoms with Gasteiger partial charge in [0.15, 0.2) is 0 Å². The van der Waals surface area contributed by atoms with Crippen molar-refractivity contribution in [2.75, 3.05) is 14.2 Å². The molecule has 0 spiro atoms. The van der Waals surface area contributed by atoms with Crippen LogP contribution in [0, 0.1) is 0 Å². The van der Waals surface area contributed by atoms with Gasteiger partial charge in [-0.3, -0.25) is 4.79 Å². The molecule has 0 amide bonds. The highest BCUT2D eigenvalue weighted by Gasteiger charge is 2.23. The second-order valence-corrected chi connectivity index (χ2v) is 3.79. The number of carbonyl (C=O) groups excluding carboxylic acids is 1. The van der Waals surface area contributed by atoms with Crippen LogP contribution in [0.2, 0.25) is 0 Å². The molecule has 0 fully saturated rings. The van der Waals surface area contributed by atoms with Crippen LogP contribution in [0.3, 0.4) is 0 Å². The van der Waals surface area contributed by atoms with E-state index in [9.17, 15) is 4.79 Å². The van der Waals surface area contributed by atoms with Crippen molar-refractivity contribution in [1.29, 1.82) is 0 Å². The molecule has 0 saturated heterocycles. The Labute approximate surface area is 90.0 Å². The Hall–Kier alpha value is -1.35. The second kappa shape index (κ2) is 4.45. The van der Waals surface area contributed by atoms with Crippen LogP contribution in [0.15, 0.2) is 18.2 Å². The molecule has 1 aromatic rings. The minimum atomic E-state index is -0.495. The predicted molar refractivity (Wildman–Crippen MR) is 58.4 cm³/mol. The minimum Gasteiger partial charge on any atom is -0.497 e. The lowest BCUT2D eigenvalue weighted by atomic mass is 9.93. The van der Waals surface area contributed by atoms with Gasteiger partial charge in [0.1, 0.15) is 12.0 Å². The van der Waals surface area contributed by atoms with Crippen LogP contribution in [0.1, 0.15) is 29.8 Å². The molecule has 0 aliphatic rings. The summed E-state index contributed by atoms with van der Waals surface area (Å²) in [6, 6.07) is 5.33. The number of rotatable bonds is 4. The highest BCUT2D eigenvalue weighted by atomic mass is 16.5. The highest BCUT2D eigenvalue weighted by molar-refractivity contribution is 5.78. The zero-order chi connectivity index (χ0) is 11.5. The van der Waals surface area contributed by atoms with E-state index in [0.717, 1.165) is 17.6 Å². The summed E-state index contributed by atoms with van der Waals surface area (Å²) in [6.07, 6.45) is 0.829. The first kappa shape index (κ1) is 11.7. The fourth-order valence-electron chi connectivity index (χ4n) is 1.40. The van der Waals surface area contributed by atoms with Gasteiger partial charge in [0.05, 0.1) is 12.7 Å². The Kier molecular flexibility index (Phi) is 3.48. The molecule has 3 heteroatoms. The smallest absolute Gasteiger partial charge is 0.150 e. The van der Waals surface area contributed by atoms with Crippen LogP contribution < -0.4 is 4.74 Å². The van der Waals surface area contributed by atoms with E-state index in [1.54, 1.807) is 26.4 Å². The van der Waals surface area contributed by atoms with Gasteiger partial charge in [0.2, 0.25) is 0 Å². The summed E-state index contributed by atoms with van der Waals surface area (Å²) in [5.74, 6) is 0.723. The molecule has 1 rings (SSSR count). The fraction of sp³-hybridized carbons (Fsp3) is 0.417. The van der Waals surface area contributed by atoms with E-state index in [4.69, 9.17) is 9.47 Å². The van der Waals surface area contributed by atoms with Gasteiger partial charge in [-0.15, -0.1) is 0 Å². The minimum absolute atomic E-state index is 0.495. The summed E-state index contributed by atoms with van der Waals surface area (Å²) in [6.45, 7) is 3.82. The molecule has 0 N–H and O–H groups in total. The van der Waals surface area contributed by atoms with Crippen molar-refractivity contribution < 1.29 is 14.3 Å². The molecular formula is C12H16O3. The molecule has 0 saturated carbocycles. The lowest BCUT2D eigenvalue weighted by Crippen LogP contribution is -2.21. The van der Waals surface area contributed by atoms with Crippen molar-refractivity contribution in [3.8, 4) is 5.75 Å². The van der Waals surface area contributed by atoms with Crippen LogP contribution in [0.5, 0.6) is 5.75 Å². The maximum Gasteiger partial charge on any atom is 0.150 e. The van der Waals surface area contributed by atoms with E-state index in [1.807, 2.05) is 19.9 Å². The number of carbonyl (C=O) groups is 1. The number of aldehydes is 1. The normalized spacial score (nSPS) is 11.2. The van der Waals surface area contributed by atoms with E-state index in [0.29, 0.717) is 5.56 Å². The number of methoxy groups -OCH3 is 2.